The second-order valence-electron chi connectivity index (χ2n) is 6.91. The van der Waals surface area contributed by atoms with Crippen LogP contribution in [0.2, 0.25) is 0 Å². The molecule has 106 valence electrons. The minimum atomic E-state index is 0.355. The third-order valence-electron chi connectivity index (χ3n) is 3.62. The Morgan fingerprint density at radius 1 is 1.16 bits per heavy atom. The SMILES string of the molecule is CC(C)(C)Cc1cccc(NCCN2CCCC2)c1. The number of hydrogen-bond acceptors (Lipinski definition) is 2. The van der Waals surface area contributed by atoms with Gasteiger partial charge in [-0.3, -0.25) is 0 Å². The van der Waals surface area contributed by atoms with Crippen LogP contribution < -0.4 is 5.32 Å². The molecule has 2 nitrogen and oxygen atoms in total. The van der Waals surface area contributed by atoms with Crippen molar-refractivity contribution in [1.82, 2.24) is 4.90 Å². The van der Waals surface area contributed by atoms with Gasteiger partial charge in [-0.15, -0.1) is 0 Å². The van der Waals surface area contributed by atoms with Crippen molar-refractivity contribution in [1.29, 1.82) is 0 Å². The van der Waals surface area contributed by atoms with Gasteiger partial charge in [-0.05, 0) is 55.5 Å². The third-order valence-corrected chi connectivity index (χ3v) is 3.62. The maximum Gasteiger partial charge on any atom is 0.0343 e. The van der Waals surface area contributed by atoms with Gasteiger partial charge in [-0.2, -0.15) is 0 Å². The number of hydrogen-bond donors (Lipinski definition) is 1. The highest BCUT2D eigenvalue weighted by molar-refractivity contribution is 5.45. The molecule has 0 saturated carbocycles. The monoisotopic (exact) mass is 260 g/mol. The lowest BCUT2D eigenvalue weighted by Crippen LogP contribution is -2.25. The average molecular weight is 260 g/mol. The second kappa shape index (κ2) is 6.42. The number of anilines is 1. The Morgan fingerprint density at radius 2 is 1.89 bits per heavy atom. The molecule has 1 aliphatic heterocycles. The maximum atomic E-state index is 3.56. The number of nitrogens with one attached hydrogen (secondary N) is 1. The van der Waals surface area contributed by atoms with E-state index < -0.39 is 0 Å². The highest BCUT2D eigenvalue weighted by Gasteiger charge is 2.12. The smallest absolute Gasteiger partial charge is 0.0343 e. The zero-order chi connectivity index (χ0) is 13.7. The maximum absolute atomic E-state index is 3.56. The summed E-state index contributed by atoms with van der Waals surface area (Å²) in [6.45, 7) is 11.7. The summed E-state index contributed by atoms with van der Waals surface area (Å²) in [5.41, 5.74) is 3.05. The van der Waals surface area contributed by atoms with E-state index in [9.17, 15) is 0 Å². The summed E-state index contributed by atoms with van der Waals surface area (Å²) in [5.74, 6) is 0. The summed E-state index contributed by atoms with van der Waals surface area (Å²) in [6, 6.07) is 8.88. The van der Waals surface area contributed by atoms with Crippen LogP contribution in [-0.4, -0.2) is 31.1 Å². The molecule has 2 heteroatoms. The quantitative estimate of drug-likeness (QED) is 0.866. The summed E-state index contributed by atoms with van der Waals surface area (Å²) in [7, 11) is 0. The molecule has 1 aliphatic rings. The van der Waals surface area contributed by atoms with E-state index in [1.165, 1.54) is 43.7 Å². The van der Waals surface area contributed by atoms with Crippen LogP contribution in [0.25, 0.3) is 0 Å². The fraction of sp³-hybridized carbons (Fsp3) is 0.647. The minimum absolute atomic E-state index is 0.355. The molecule has 0 spiro atoms. The van der Waals surface area contributed by atoms with Gasteiger partial charge >= 0.3 is 0 Å². The summed E-state index contributed by atoms with van der Waals surface area (Å²) < 4.78 is 0. The zero-order valence-corrected chi connectivity index (χ0v) is 12.7. The van der Waals surface area contributed by atoms with Gasteiger partial charge in [-0.1, -0.05) is 32.9 Å². The molecular weight excluding hydrogens is 232 g/mol. The van der Waals surface area contributed by atoms with Gasteiger partial charge < -0.3 is 10.2 Å². The molecule has 1 aromatic carbocycles. The second-order valence-corrected chi connectivity index (χ2v) is 6.91. The largest absolute Gasteiger partial charge is 0.384 e. The lowest BCUT2D eigenvalue weighted by atomic mass is 9.88. The first-order chi connectivity index (χ1) is 9.03. The predicted octanol–water partition coefficient (Wildman–Crippen LogP) is 3.78. The lowest BCUT2D eigenvalue weighted by molar-refractivity contribution is 0.352. The van der Waals surface area contributed by atoms with E-state index in [1.54, 1.807) is 0 Å². The molecule has 1 heterocycles. The first kappa shape index (κ1) is 14.4. The van der Waals surface area contributed by atoms with E-state index in [-0.39, 0.29) is 0 Å². The first-order valence-corrected chi connectivity index (χ1v) is 7.58. The predicted molar refractivity (Wildman–Crippen MR) is 83.8 cm³/mol. The molecule has 0 aliphatic carbocycles. The van der Waals surface area contributed by atoms with Gasteiger partial charge in [0.2, 0.25) is 0 Å². The number of rotatable bonds is 5. The molecule has 19 heavy (non-hydrogen) atoms. The van der Waals surface area contributed by atoms with Crippen LogP contribution in [0, 0.1) is 5.41 Å². The van der Waals surface area contributed by atoms with Gasteiger partial charge in [0.1, 0.15) is 0 Å². The summed E-state index contributed by atoms with van der Waals surface area (Å²) >= 11 is 0. The van der Waals surface area contributed by atoms with Crippen LogP contribution in [0.15, 0.2) is 24.3 Å². The Morgan fingerprint density at radius 3 is 2.58 bits per heavy atom. The molecule has 0 bridgehead atoms. The molecule has 1 fully saturated rings. The summed E-state index contributed by atoms with van der Waals surface area (Å²) in [4.78, 5) is 2.55. The molecule has 0 radical (unpaired) electrons. The third kappa shape index (κ3) is 5.23. The molecule has 1 N–H and O–H groups in total. The van der Waals surface area contributed by atoms with E-state index >= 15 is 0 Å². The van der Waals surface area contributed by atoms with Crippen LogP contribution in [0.1, 0.15) is 39.2 Å². The normalized spacial score (nSPS) is 16.8. The van der Waals surface area contributed by atoms with E-state index in [1.807, 2.05) is 0 Å². The Kier molecular flexibility index (Phi) is 4.87. The molecule has 2 rings (SSSR count). The highest BCUT2D eigenvalue weighted by atomic mass is 15.1. The molecule has 1 saturated heterocycles. The van der Waals surface area contributed by atoms with E-state index in [0.29, 0.717) is 5.41 Å². The van der Waals surface area contributed by atoms with Crippen molar-refractivity contribution in [3.05, 3.63) is 29.8 Å². The van der Waals surface area contributed by atoms with Crippen LogP contribution in [-0.2, 0) is 6.42 Å². The minimum Gasteiger partial charge on any atom is -0.384 e. The van der Waals surface area contributed by atoms with Crippen molar-refractivity contribution in [2.45, 2.75) is 40.0 Å². The van der Waals surface area contributed by atoms with Gasteiger partial charge in [0, 0.05) is 18.8 Å². The van der Waals surface area contributed by atoms with Crippen molar-refractivity contribution in [2.24, 2.45) is 5.41 Å². The van der Waals surface area contributed by atoms with E-state index in [2.05, 4.69) is 55.3 Å². The van der Waals surface area contributed by atoms with Crippen LogP contribution >= 0.6 is 0 Å². The zero-order valence-electron chi connectivity index (χ0n) is 12.7. The molecule has 1 aromatic rings. The van der Waals surface area contributed by atoms with E-state index in [0.717, 1.165) is 13.0 Å². The van der Waals surface area contributed by atoms with Crippen LogP contribution in [0.4, 0.5) is 5.69 Å². The number of likely N-dealkylation sites (tertiary alicyclic amines) is 1. The fourth-order valence-electron chi connectivity index (χ4n) is 2.77. The number of benzene rings is 1. The lowest BCUT2D eigenvalue weighted by Gasteiger charge is -2.19. The Bertz CT molecular complexity index is 386. The fourth-order valence-corrected chi connectivity index (χ4v) is 2.77. The van der Waals surface area contributed by atoms with E-state index in [4.69, 9.17) is 0 Å². The molecule has 0 amide bonds. The number of nitrogens with zero attached hydrogens (tertiary/aromatic N) is 1. The van der Waals surface area contributed by atoms with Gasteiger partial charge in [0.15, 0.2) is 0 Å². The van der Waals surface area contributed by atoms with Crippen molar-refractivity contribution < 1.29 is 0 Å². The molecular formula is C17H28N2. The topological polar surface area (TPSA) is 15.3 Å². The Hall–Kier alpha value is -1.02. The van der Waals surface area contributed by atoms with Crippen molar-refractivity contribution in [3.63, 3.8) is 0 Å². The highest BCUT2D eigenvalue weighted by Crippen LogP contribution is 2.22. The van der Waals surface area contributed by atoms with Gasteiger partial charge in [0.25, 0.3) is 0 Å². The molecule has 0 aromatic heterocycles. The van der Waals surface area contributed by atoms with Crippen LogP contribution in [0.3, 0.4) is 0 Å². The van der Waals surface area contributed by atoms with Gasteiger partial charge in [-0.25, -0.2) is 0 Å². The van der Waals surface area contributed by atoms with Gasteiger partial charge in [0.05, 0.1) is 0 Å². The summed E-state index contributed by atoms with van der Waals surface area (Å²) in [6.07, 6.45) is 3.89. The average Bonchev–Trinajstić information content (AvgIpc) is 2.80. The van der Waals surface area contributed by atoms with Crippen molar-refractivity contribution in [2.75, 3.05) is 31.5 Å². The summed E-state index contributed by atoms with van der Waals surface area (Å²) in [5, 5.41) is 3.56. The Labute approximate surface area is 118 Å². The standard InChI is InChI=1S/C17H28N2/c1-17(2,3)14-15-7-6-8-16(13-15)18-9-12-19-10-4-5-11-19/h6-8,13,18H,4-5,9-12,14H2,1-3H3. The Balaban J connectivity index is 1.81. The van der Waals surface area contributed by atoms with Crippen molar-refractivity contribution >= 4 is 5.69 Å². The van der Waals surface area contributed by atoms with Crippen molar-refractivity contribution in [3.8, 4) is 0 Å². The molecule has 0 unspecified atom stereocenters. The first-order valence-electron chi connectivity index (χ1n) is 7.58. The van der Waals surface area contributed by atoms with Crippen LogP contribution in [0.5, 0.6) is 0 Å². The molecule has 0 atom stereocenters.